The van der Waals surface area contributed by atoms with Gasteiger partial charge in [-0.25, -0.2) is 4.98 Å². The molecule has 0 unspecified atom stereocenters. The van der Waals surface area contributed by atoms with Gasteiger partial charge >= 0.3 is 0 Å². The van der Waals surface area contributed by atoms with Crippen molar-refractivity contribution in [2.24, 2.45) is 5.73 Å². The number of rotatable bonds is 8. The summed E-state index contributed by atoms with van der Waals surface area (Å²) < 4.78 is 11.7. The molecule has 0 saturated heterocycles. The van der Waals surface area contributed by atoms with Gasteiger partial charge in [-0.1, -0.05) is 18.2 Å². The molecule has 6 heteroatoms. The molecule has 28 heavy (non-hydrogen) atoms. The Kier molecular flexibility index (Phi) is 6.43. The first-order valence-corrected chi connectivity index (χ1v) is 11.1. The van der Waals surface area contributed by atoms with Gasteiger partial charge in [-0.05, 0) is 61.1 Å². The fourth-order valence-corrected chi connectivity index (χ4v) is 5.03. The molecule has 1 heterocycles. The number of hydrogen-bond donors (Lipinski definition) is 2. The fourth-order valence-electron chi connectivity index (χ4n) is 4.48. The number of fused-ring (bicyclic) bond motifs is 1. The molecular formula is C22H30N2O3S. The number of aliphatic hydroxyl groups is 1. The SMILES string of the molecule is N[C@]1(CO)CC[C@H](c2ccc3c(c2)CC[C@@H](OCCOCc2nccs2)C3)C1. The zero-order valence-electron chi connectivity index (χ0n) is 16.3. The maximum absolute atomic E-state index is 9.51. The van der Waals surface area contributed by atoms with E-state index < -0.39 is 0 Å². The molecule has 152 valence electrons. The van der Waals surface area contributed by atoms with Gasteiger partial charge in [-0.2, -0.15) is 0 Å². The number of thiazole rings is 1. The summed E-state index contributed by atoms with van der Waals surface area (Å²) in [5.41, 5.74) is 10.1. The molecule has 0 spiro atoms. The highest BCUT2D eigenvalue weighted by atomic mass is 32.1. The van der Waals surface area contributed by atoms with Crippen LogP contribution in [0.2, 0.25) is 0 Å². The summed E-state index contributed by atoms with van der Waals surface area (Å²) >= 11 is 1.62. The Bertz CT molecular complexity index is 767. The summed E-state index contributed by atoms with van der Waals surface area (Å²) in [7, 11) is 0. The molecule has 2 aromatic rings. The van der Waals surface area contributed by atoms with Crippen LogP contribution >= 0.6 is 11.3 Å². The van der Waals surface area contributed by atoms with Crippen LogP contribution in [0.4, 0.5) is 0 Å². The predicted molar refractivity (Wildman–Crippen MR) is 111 cm³/mol. The number of aliphatic hydroxyl groups excluding tert-OH is 1. The van der Waals surface area contributed by atoms with E-state index in [1.54, 1.807) is 17.5 Å². The van der Waals surface area contributed by atoms with E-state index in [4.69, 9.17) is 15.2 Å². The van der Waals surface area contributed by atoms with Crippen molar-refractivity contribution in [1.82, 2.24) is 4.98 Å². The van der Waals surface area contributed by atoms with Crippen molar-refractivity contribution >= 4 is 11.3 Å². The number of aryl methyl sites for hydroxylation is 1. The van der Waals surface area contributed by atoms with Crippen molar-refractivity contribution in [3.8, 4) is 0 Å². The van der Waals surface area contributed by atoms with E-state index in [9.17, 15) is 5.11 Å². The van der Waals surface area contributed by atoms with E-state index >= 15 is 0 Å². The van der Waals surface area contributed by atoms with Gasteiger partial charge in [0.05, 0.1) is 32.5 Å². The van der Waals surface area contributed by atoms with Gasteiger partial charge in [-0.15, -0.1) is 11.3 Å². The topological polar surface area (TPSA) is 77.6 Å². The van der Waals surface area contributed by atoms with Crippen molar-refractivity contribution in [2.75, 3.05) is 19.8 Å². The average Bonchev–Trinajstić information content (AvgIpc) is 3.38. The highest BCUT2D eigenvalue weighted by molar-refractivity contribution is 7.09. The second kappa shape index (κ2) is 9.01. The standard InChI is InChI=1S/C22H30N2O3S/c23-22(15-25)6-5-19(13-22)17-1-2-18-12-20(4-3-16(18)11-17)27-9-8-26-14-21-24-7-10-28-21/h1-2,7,10-11,19-20,25H,3-6,8-9,12-15,23H2/t19-,20+,22+/m0/s1. The molecule has 1 saturated carbocycles. The molecule has 0 aliphatic heterocycles. The molecule has 3 atom stereocenters. The second-order valence-electron chi connectivity index (χ2n) is 8.20. The van der Waals surface area contributed by atoms with Crippen LogP contribution < -0.4 is 5.73 Å². The van der Waals surface area contributed by atoms with Gasteiger partial charge in [0.25, 0.3) is 0 Å². The summed E-state index contributed by atoms with van der Waals surface area (Å²) in [6, 6.07) is 6.90. The van der Waals surface area contributed by atoms with E-state index in [1.165, 1.54) is 16.7 Å². The third kappa shape index (κ3) is 4.81. The molecule has 0 amide bonds. The molecule has 5 nitrogen and oxygen atoms in total. The maximum Gasteiger partial charge on any atom is 0.118 e. The van der Waals surface area contributed by atoms with Crippen LogP contribution in [-0.2, 0) is 28.9 Å². The van der Waals surface area contributed by atoms with Crippen LogP contribution in [0, 0.1) is 0 Å². The normalized spacial score (nSPS) is 27.1. The molecule has 1 aromatic carbocycles. The summed E-state index contributed by atoms with van der Waals surface area (Å²) in [6.45, 7) is 1.89. The summed E-state index contributed by atoms with van der Waals surface area (Å²) in [5.74, 6) is 0.478. The molecule has 2 aliphatic rings. The lowest BCUT2D eigenvalue weighted by Crippen LogP contribution is -2.40. The number of aromatic nitrogens is 1. The summed E-state index contributed by atoms with van der Waals surface area (Å²) in [6.07, 6.45) is 8.04. The minimum atomic E-state index is -0.388. The molecule has 0 bridgehead atoms. The number of nitrogens with two attached hydrogens (primary N) is 1. The quantitative estimate of drug-likeness (QED) is 0.663. The van der Waals surface area contributed by atoms with Crippen LogP contribution in [0.5, 0.6) is 0 Å². The van der Waals surface area contributed by atoms with E-state index in [-0.39, 0.29) is 18.2 Å². The van der Waals surface area contributed by atoms with E-state index in [0.29, 0.717) is 25.7 Å². The van der Waals surface area contributed by atoms with Crippen LogP contribution in [0.1, 0.15) is 53.3 Å². The molecule has 1 fully saturated rings. The molecular weight excluding hydrogens is 372 g/mol. The summed E-state index contributed by atoms with van der Waals surface area (Å²) in [4.78, 5) is 4.21. The predicted octanol–water partition coefficient (Wildman–Crippen LogP) is 3.19. The number of benzene rings is 1. The minimum Gasteiger partial charge on any atom is -0.394 e. The van der Waals surface area contributed by atoms with Crippen LogP contribution in [0.25, 0.3) is 0 Å². The lowest BCUT2D eigenvalue weighted by Gasteiger charge is -2.26. The monoisotopic (exact) mass is 402 g/mol. The fraction of sp³-hybridized carbons (Fsp3) is 0.591. The van der Waals surface area contributed by atoms with Crippen molar-refractivity contribution in [1.29, 1.82) is 0 Å². The second-order valence-corrected chi connectivity index (χ2v) is 9.18. The minimum absolute atomic E-state index is 0.0843. The van der Waals surface area contributed by atoms with Crippen LogP contribution in [0.15, 0.2) is 29.8 Å². The number of hydrogen-bond acceptors (Lipinski definition) is 6. The van der Waals surface area contributed by atoms with Crippen molar-refractivity contribution in [3.05, 3.63) is 51.5 Å². The highest BCUT2D eigenvalue weighted by Crippen LogP contribution is 2.40. The maximum atomic E-state index is 9.51. The van der Waals surface area contributed by atoms with Crippen molar-refractivity contribution in [2.45, 2.75) is 62.7 Å². The Balaban J connectivity index is 1.24. The average molecular weight is 403 g/mol. The van der Waals surface area contributed by atoms with Crippen molar-refractivity contribution in [3.63, 3.8) is 0 Å². The zero-order valence-corrected chi connectivity index (χ0v) is 17.1. The van der Waals surface area contributed by atoms with Crippen LogP contribution in [-0.4, -0.2) is 41.6 Å². The van der Waals surface area contributed by atoms with E-state index in [1.807, 2.05) is 5.38 Å². The molecule has 0 radical (unpaired) electrons. The highest BCUT2D eigenvalue weighted by Gasteiger charge is 2.36. The Morgan fingerprint density at radius 1 is 1.25 bits per heavy atom. The largest absolute Gasteiger partial charge is 0.394 e. The van der Waals surface area contributed by atoms with Gasteiger partial charge in [0, 0.05) is 17.1 Å². The lowest BCUT2D eigenvalue weighted by atomic mass is 9.85. The van der Waals surface area contributed by atoms with E-state index in [2.05, 4.69) is 23.2 Å². The van der Waals surface area contributed by atoms with Gasteiger partial charge < -0.3 is 20.3 Å². The van der Waals surface area contributed by atoms with Gasteiger partial charge in [0.2, 0.25) is 0 Å². The Morgan fingerprint density at radius 3 is 2.96 bits per heavy atom. The third-order valence-electron chi connectivity index (χ3n) is 6.13. The van der Waals surface area contributed by atoms with Gasteiger partial charge in [0.15, 0.2) is 0 Å². The van der Waals surface area contributed by atoms with Gasteiger partial charge in [0.1, 0.15) is 5.01 Å². The zero-order chi connectivity index (χ0) is 19.4. The first-order chi connectivity index (χ1) is 13.6. The van der Waals surface area contributed by atoms with Crippen molar-refractivity contribution < 1.29 is 14.6 Å². The lowest BCUT2D eigenvalue weighted by molar-refractivity contribution is -0.00461. The Hall–Kier alpha value is -1.31. The third-order valence-corrected chi connectivity index (χ3v) is 6.89. The van der Waals surface area contributed by atoms with Gasteiger partial charge in [-0.3, -0.25) is 0 Å². The molecule has 2 aliphatic carbocycles. The molecule has 1 aromatic heterocycles. The smallest absolute Gasteiger partial charge is 0.118 e. The Morgan fingerprint density at radius 2 is 2.18 bits per heavy atom. The molecule has 3 N–H and O–H groups in total. The van der Waals surface area contributed by atoms with Crippen LogP contribution in [0.3, 0.4) is 0 Å². The summed E-state index contributed by atoms with van der Waals surface area (Å²) in [5, 5.41) is 12.5. The first kappa shape index (κ1) is 20.0. The Labute approximate surface area is 170 Å². The first-order valence-electron chi connectivity index (χ1n) is 10.2. The number of ether oxygens (including phenoxy) is 2. The molecule has 4 rings (SSSR count). The van der Waals surface area contributed by atoms with E-state index in [0.717, 1.165) is 43.5 Å². The number of nitrogens with zero attached hydrogens (tertiary/aromatic N) is 1.